The number of amides is 1. The number of anilines is 1. The molecule has 1 aromatic heterocycles. The van der Waals surface area contributed by atoms with Gasteiger partial charge in [0.25, 0.3) is 5.91 Å². The lowest BCUT2D eigenvalue weighted by Crippen LogP contribution is -2.33. The fourth-order valence-corrected chi connectivity index (χ4v) is 1.35. The van der Waals surface area contributed by atoms with Gasteiger partial charge in [0.1, 0.15) is 5.69 Å². The fraction of sp³-hybridized carbons (Fsp3) is 0.500. The Kier molecular flexibility index (Phi) is 4.65. The monoisotopic (exact) mass is 223 g/mol. The van der Waals surface area contributed by atoms with Crippen LogP contribution in [0.5, 0.6) is 0 Å². The van der Waals surface area contributed by atoms with Crippen LogP contribution in [0.15, 0.2) is 12.4 Å². The molecule has 88 valence electrons. The second-order valence-corrected chi connectivity index (χ2v) is 3.60. The Morgan fingerprint density at radius 3 is 2.94 bits per heavy atom. The van der Waals surface area contributed by atoms with Gasteiger partial charge in [-0.05, 0) is 13.3 Å². The standard InChI is InChI=1S/C10H17N5O/c1-3-4-7(2)13-10(16)8-5-12-6-9(14-8)15-11/h5-7H,3-4,11H2,1-2H3,(H,13,16)(H,14,15). The van der Waals surface area contributed by atoms with Crippen molar-refractivity contribution in [1.82, 2.24) is 15.3 Å². The van der Waals surface area contributed by atoms with Gasteiger partial charge in [-0.2, -0.15) is 0 Å². The zero-order valence-electron chi connectivity index (χ0n) is 9.53. The quantitative estimate of drug-likeness (QED) is 0.504. The highest BCUT2D eigenvalue weighted by atomic mass is 16.1. The van der Waals surface area contributed by atoms with Crippen LogP contribution in [0.2, 0.25) is 0 Å². The van der Waals surface area contributed by atoms with Crippen molar-refractivity contribution in [2.45, 2.75) is 32.7 Å². The van der Waals surface area contributed by atoms with E-state index in [1.165, 1.54) is 12.4 Å². The number of carbonyl (C=O) groups is 1. The maximum Gasteiger partial charge on any atom is 0.271 e. The normalized spacial score (nSPS) is 11.9. The van der Waals surface area contributed by atoms with Crippen LogP contribution in [-0.2, 0) is 0 Å². The molecule has 0 saturated carbocycles. The molecule has 0 aromatic carbocycles. The van der Waals surface area contributed by atoms with Crippen LogP contribution >= 0.6 is 0 Å². The lowest BCUT2D eigenvalue weighted by Gasteiger charge is -2.12. The Morgan fingerprint density at radius 1 is 1.56 bits per heavy atom. The molecule has 1 heterocycles. The lowest BCUT2D eigenvalue weighted by atomic mass is 10.2. The molecule has 6 heteroatoms. The van der Waals surface area contributed by atoms with Crippen molar-refractivity contribution in [1.29, 1.82) is 0 Å². The second kappa shape index (κ2) is 6.02. The first-order chi connectivity index (χ1) is 7.67. The number of nitrogen functional groups attached to an aromatic ring is 1. The highest BCUT2D eigenvalue weighted by molar-refractivity contribution is 5.92. The van der Waals surface area contributed by atoms with Gasteiger partial charge in [0.15, 0.2) is 5.82 Å². The van der Waals surface area contributed by atoms with Crippen molar-refractivity contribution in [2.24, 2.45) is 5.84 Å². The Morgan fingerprint density at radius 2 is 2.31 bits per heavy atom. The van der Waals surface area contributed by atoms with E-state index in [1.54, 1.807) is 0 Å². The van der Waals surface area contributed by atoms with Gasteiger partial charge in [0.05, 0.1) is 12.4 Å². The third-order valence-electron chi connectivity index (χ3n) is 2.11. The van der Waals surface area contributed by atoms with Gasteiger partial charge in [-0.3, -0.25) is 9.78 Å². The number of rotatable bonds is 5. The number of nitrogens with two attached hydrogens (primary N) is 1. The van der Waals surface area contributed by atoms with Crippen molar-refractivity contribution >= 4 is 11.7 Å². The van der Waals surface area contributed by atoms with Gasteiger partial charge in [-0.25, -0.2) is 10.8 Å². The molecule has 0 aliphatic rings. The fourth-order valence-electron chi connectivity index (χ4n) is 1.35. The second-order valence-electron chi connectivity index (χ2n) is 3.60. The third kappa shape index (κ3) is 3.47. The molecule has 0 fully saturated rings. The minimum Gasteiger partial charge on any atom is -0.348 e. The molecule has 1 unspecified atom stereocenters. The molecule has 1 amide bonds. The summed E-state index contributed by atoms with van der Waals surface area (Å²) >= 11 is 0. The summed E-state index contributed by atoms with van der Waals surface area (Å²) in [4.78, 5) is 19.6. The Hall–Kier alpha value is -1.69. The molecule has 0 aliphatic carbocycles. The molecule has 4 N–H and O–H groups in total. The average molecular weight is 223 g/mol. The van der Waals surface area contributed by atoms with Crippen molar-refractivity contribution in [3.63, 3.8) is 0 Å². The largest absolute Gasteiger partial charge is 0.348 e. The first-order valence-corrected chi connectivity index (χ1v) is 5.27. The summed E-state index contributed by atoms with van der Waals surface area (Å²) in [5.41, 5.74) is 2.61. The Balaban J connectivity index is 2.65. The van der Waals surface area contributed by atoms with E-state index in [4.69, 9.17) is 5.84 Å². The van der Waals surface area contributed by atoms with Gasteiger partial charge in [-0.1, -0.05) is 13.3 Å². The van der Waals surface area contributed by atoms with Crippen molar-refractivity contribution in [3.05, 3.63) is 18.1 Å². The molecule has 0 aliphatic heterocycles. The minimum atomic E-state index is -0.231. The summed E-state index contributed by atoms with van der Waals surface area (Å²) in [6, 6.07) is 0.133. The van der Waals surface area contributed by atoms with Gasteiger partial charge >= 0.3 is 0 Å². The minimum absolute atomic E-state index is 0.133. The summed E-state index contributed by atoms with van der Waals surface area (Å²) in [5.74, 6) is 5.32. The molecule has 0 radical (unpaired) electrons. The molecule has 0 saturated heterocycles. The first kappa shape index (κ1) is 12.4. The number of hydrogen-bond acceptors (Lipinski definition) is 5. The van der Waals surface area contributed by atoms with E-state index >= 15 is 0 Å². The maximum absolute atomic E-state index is 11.7. The predicted molar refractivity (Wildman–Crippen MR) is 61.7 cm³/mol. The van der Waals surface area contributed by atoms with E-state index in [0.717, 1.165) is 12.8 Å². The third-order valence-corrected chi connectivity index (χ3v) is 2.11. The summed E-state index contributed by atoms with van der Waals surface area (Å²) in [6.45, 7) is 4.03. The van der Waals surface area contributed by atoms with E-state index in [2.05, 4.69) is 27.6 Å². The zero-order valence-corrected chi connectivity index (χ0v) is 9.53. The van der Waals surface area contributed by atoms with Crippen molar-refractivity contribution in [2.75, 3.05) is 5.43 Å². The number of carbonyl (C=O) groups excluding carboxylic acids is 1. The molecule has 1 atom stereocenters. The average Bonchev–Trinajstić information content (AvgIpc) is 2.29. The van der Waals surface area contributed by atoms with E-state index in [0.29, 0.717) is 5.82 Å². The van der Waals surface area contributed by atoms with Crippen LogP contribution in [0.25, 0.3) is 0 Å². The highest BCUT2D eigenvalue weighted by Crippen LogP contribution is 2.02. The maximum atomic E-state index is 11.7. The SMILES string of the molecule is CCCC(C)NC(=O)c1cncc(NN)n1. The highest BCUT2D eigenvalue weighted by Gasteiger charge is 2.11. The Labute approximate surface area is 94.6 Å². The predicted octanol–water partition coefficient (Wildman–Crippen LogP) is 0.681. The number of nitrogens with zero attached hydrogens (tertiary/aromatic N) is 2. The van der Waals surface area contributed by atoms with Crippen molar-refractivity contribution in [3.8, 4) is 0 Å². The number of hydrogen-bond donors (Lipinski definition) is 3. The summed E-state index contributed by atoms with van der Waals surface area (Å²) < 4.78 is 0. The van der Waals surface area contributed by atoms with Crippen LogP contribution in [0.1, 0.15) is 37.2 Å². The van der Waals surface area contributed by atoms with Crippen LogP contribution in [0.3, 0.4) is 0 Å². The van der Waals surface area contributed by atoms with Gasteiger partial charge in [-0.15, -0.1) is 0 Å². The van der Waals surface area contributed by atoms with E-state index in [-0.39, 0.29) is 17.6 Å². The first-order valence-electron chi connectivity index (χ1n) is 5.27. The van der Waals surface area contributed by atoms with E-state index in [9.17, 15) is 4.79 Å². The van der Waals surface area contributed by atoms with Crippen LogP contribution in [0.4, 0.5) is 5.82 Å². The summed E-state index contributed by atoms with van der Waals surface area (Å²) in [7, 11) is 0. The molecular formula is C10H17N5O. The zero-order chi connectivity index (χ0) is 12.0. The number of aromatic nitrogens is 2. The number of nitrogens with one attached hydrogen (secondary N) is 2. The van der Waals surface area contributed by atoms with Gasteiger partial charge in [0.2, 0.25) is 0 Å². The van der Waals surface area contributed by atoms with Gasteiger partial charge < -0.3 is 10.7 Å². The van der Waals surface area contributed by atoms with Crippen LogP contribution in [-0.4, -0.2) is 21.9 Å². The van der Waals surface area contributed by atoms with E-state index in [1.807, 2.05) is 6.92 Å². The Bertz CT molecular complexity index is 355. The molecule has 0 bridgehead atoms. The van der Waals surface area contributed by atoms with Gasteiger partial charge in [0, 0.05) is 6.04 Å². The molecular weight excluding hydrogens is 206 g/mol. The van der Waals surface area contributed by atoms with Crippen LogP contribution < -0.4 is 16.6 Å². The summed E-state index contributed by atoms with van der Waals surface area (Å²) in [5, 5.41) is 2.84. The van der Waals surface area contributed by atoms with Crippen LogP contribution in [0, 0.1) is 0 Å². The van der Waals surface area contributed by atoms with Crippen molar-refractivity contribution < 1.29 is 4.79 Å². The molecule has 0 spiro atoms. The topological polar surface area (TPSA) is 92.9 Å². The van der Waals surface area contributed by atoms with E-state index < -0.39 is 0 Å². The summed E-state index contributed by atoms with van der Waals surface area (Å²) in [6.07, 6.45) is 4.83. The molecule has 16 heavy (non-hydrogen) atoms. The molecule has 1 aromatic rings. The molecule has 6 nitrogen and oxygen atoms in total. The lowest BCUT2D eigenvalue weighted by molar-refractivity contribution is 0.0933. The number of hydrazine groups is 1. The smallest absolute Gasteiger partial charge is 0.271 e. The molecule has 1 rings (SSSR count).